The molecular weight excluding hydrogens is 329 g/mol. The number of hydrogen-bond acceptors (Lipinski definition) is 5. The summed E-state index contributed by atoms with van der Waals surface area (Å²) in [4.78, 5) is 0. The molecule has 0 saturated heterocycles. The molecule has 0 spiro atoms. The molecule has 1 rings (SSSR count). The summed E-state index contributed by atoms with van der Waals surface area (Å²) in [7, 11) is 0.608. The van der Waals surface area contributed by atoms with Crippen LogP contribution in [0.4, 0.5) is 22.0 Å². The van der Waals surface area contributed by atoms with Gasteiger partial charge in [0.2, 0.25) is 29.1 Å². The van der Waals surface area contributed by atoms with Crippen molar-refractivity contribution in [2.45, 2.75) is 0 Å². The van der Waals surface area contributed by atoms with E-state index in [1.54, 1.807) is 14.2 Å². The average molecular weight is 342 g/mol. The zero-order chi connectivity index (χ0) is 16.6. The molecule has 1 aromatic rings. The Morgan fingerprint density at radius 2 is 1.09 bits per heavy atom. The predicted octanol–water partition coefficient (Wildman–Crippen LogP) is 0.361. The van der Waals surface area contributed by atoms with Crippen molar-refractivity contribution in [3.63, 3.8) is 0 Å². The summed E-state index contributed by atoms with van der Waals surface area (Å²) in [5.41, 5.74) is 0. The minimum absolute atomic E-state index is 0. The molecule has 2 N–H and O–H groups in total. The molecule has 5 nitrogen and oxygen atoms in total. The van der Waals surface area contributed by atoms with Gasteiger partial charge in [0.1, 0.15) is 0 Å². The van der Waals surface area contributed by atoms with E-state index in [2.05, 4.69) is 14.1 Å². The van der Waals surface area contributed by atoms with Crippen molar-refractivity contribution in [1.29, 1.82) is 0 Å². The van der Waals surface area contributed by atoms with Crippen LogP contribution in [0, 0.1) is 29.1 Å². The van der Waals surface area contributed by atoms with E-state index in [1.807, 2.05) is 0 Å². The Labute approximate surface area is 145 Å². The molecule has 0 aliphatic carbocycles. The molecule has 0 aromatic heterocycles. The summed E-state index contributed by atoms with van der Waals surface area (Å²) in [6, 6.07) is 0. The second-order valence-corrected chi connectivity index (χ2v) is 3.33. The van der Waals surface area contributed by atoms with Gasteiger partial charge < -0.3 is 24.2 Å². The van der Waals surface area contributed by atoms with Crippen molar-refractivity contribution in [2.75, 3.05) is 27.4 Å². The van der Waals surface area contributed by atoms with Crippen LogP contribution in [-0.4, -0.2) is 74.4 Å². The Hall–Kier alpha value is -0.425. The number of methoxy groups -OCH3 is 2. The van der Waals surface area contributed by atoms with Gasteiger partial charge in [-0.15, -0.1) is 0 Å². The molecule has 122 valence electrons. The number of ether oxygens (including phenoxy) is 2. The number of rotatable bonds is 5. The second kappa shape index (κ2) is 12.1. The van der Waals surface area contributed by atoms with Gasteiger partial charge >= 0.3 is 36.9 Å². The van der Waals surface area contributed by atoms with Crippen molar-refractivity contribution < 1.29 is 46.1 Å². The van der Waals surface area contributed by atoms with Gasteiger partial charge in [0, 0.05) is 14.2 Å². The molecule has 0 saturated carbocycles. The SMILES string of the molecule is COCCOC.OB(O)Oc1c(F)c(F)c(F)c(F)c1F.[NaH]. The summed E-state index contributed by atoms with van der Waals surface area (Å²) in [5.74, 6) is -13.1. The first-order chi connectivity index (χ1) is 9.77. The van der Waals surface area contributed by atoms with Crippen LogP contribution in [0.5, 0.6) is 5.75 Å². The first kappa shape index (κ1) is 23.8. The van der Waals surface area contributed by atoms with Crippen LogP contribution in [0.1, 0.15) is 0 Å². The van der Waals surface area contributed by atoms with E-state index in [4.69, 9.17) is 10.0 Å². The summed E-state index contributed by atoms with van der Waals surface area (Å²) in [5, 5.41) is 16.3. The molecule has 0 unspecified atom stereocenters. The Morgan fingerprint density at radius 3 is 1.36 bits per heavy atom. The van der Waals surface area contributed by atoms with Crippen LogP contribution >= 0.6 is 0 Å². The zero-order valence-corrected chi connectivity index (χ0v) is 11.0. The molecule has 0 bridgehead atoms. The third kappa shape index (κ3) is 7.22. The maximum atomic E-state index is 12.7. The predicted molar refractivity (Wildman–Crippen MR) is 68.0 cm³/mol. The van der Waals surface area contributed by atoms with Gasteiger partial charge in [-0.25, -0.2) is 13.2 Å². The van der Waals surface area contributed by atoms with Crippen molar-refractivity contribution in [3.8, 4) is 5.75 Å². The van der Waals surface area contributed by atoms with Crippen LogP contribution in [0.15, 0.2) is 0 Å². The molecule has 12 heteroatoms. The van der Waals surface area contributed by atoms with E-state index in [0.29, 0.717) is 13.2 Å². The van der Waals surface area contributed by atoms with Gasteiger partial charge in [-0.2, -0.15) is 8.78 Å². The summed E-state index contributed by atoms with van der Waals surface area (Å²) in [6.07, 6.45) is 0. The molecule has 0 radical (unpaired) electrons. The van der Waals surface area contributed by atoms with E-state index in [0.717, 1.165) is 0 Å². The van der Waals surface area contributed by atoms with Crippen LogP contribution < -0.4 is 4.65 Å². The van der Waals surface area contributed by atoms with E-state index >= 15 is 0 Å². The van der Waals surface area contributed by atoms with Crippen molar-refractivity contribution in [3.05, 3.63) is 29.1 Å². The third-order valence-electron chi connectivity index (χ3n) is 1.88. The molecule has 0 aliphatic rings. The van der Waals surface area contributed by atoms with Crippen LogP contribution in [0.3, 0.4) is 0 Å². The van der Waals surface area contributed by atoms with Gasteiger partial charge in [-0.1, -0.05) is 0 Å². The third-order valence-corrected chi connectivity index (χ3v) is 1.88. The molecule has 22 heavy (non-hydrogen) atoms. The fourth-order valence-corrected chi connectivity index (χ4v) is 0.960. The molecule has 0 atom stereocenters. The molecule has 1 aromatic carbocycles. The molecular formula is C10H13BF5NaO5. The van der Waals surface area contributed by atoms with E-state index in [-0.39, 0.29) is 29.6 Å². The Balaban J connectivity index is 0. The summed E-state index contributed by atoms with van der Waals surface area (Å²) in [6.45, 7) is 1.38. The normalized spacial score (nSPS) is 9.50. The van der Waals surface area contributed by atoms with Crippen LogP contribution in [-0.2, 0) is 9.47 Å². The molecule has 0 aliphatic heterocycles. The zero-order valence-electron chi connectivity index (χ0n) is 11.0. The fourth-order valence-electron chi connectivity index (χ4n) is 0.960. The van der Waals surface area contributed by atoms with Crippen LogP contribution in [0.2, 0.25) is 0 Å². The van der Waals surface area contributed by atoms with Gasteiger partial charge in [0.05, 0.1) is 13.2 Å². The first-order valence-corrected chi connectivity index (χ1v) is 5.29. The Morgan fingerprint density at radius 1 is 0.773 bits per heavy atom. The van der Waals surface area contributed by atoms with Gasteiger partial charge in [0.25, 0.3) is 0 Å². The van der Waals surface area contributed by atoms with Gasteiger partial charge in [-0.3, -0.25) is 0 Å². The van der Waals surface area contributed by atoms with Crippen molar-refractivity contribution in [1.82, 2.24) is 0 Å². The molecule has 0 heterocycles. The van der Waals surface area contributed by atoms with Gasteiger partial charge in [-0.05, 0) is 0 Å². The standard InChI is InChI=1S/C6H2BF5O3.C4H10O2.Na.H/c8-1-2(9)4(11)6(15-7(13)14)5(12)3(1)10;1-5-3-4-6-2;;/h13-14H;3-4H2,1-2H3;;. The summed E-state index contributed by atoms with van der Waals surface area (Å²) < 4.78 is 75.6. The summed E-state index contributed by atoms with van der Waals surface area (Å²) >= 11 is 0. The minimum atomic E-state index is -2.70. The first-order valence-electron chi connectivity index (χ1n) is 5.29. The van der Waals surface area contributed by atoms with E-state index in [1.165, 1.54) is 0 Å². The quantitative estimate of drug-likeness (QED) is 0.266. The fraction of sp³-hybridized carbons (Fsp3) is 0.400. The average Bonchev–Trinajstić information content (AvgIpc) is 2.46. The number of benzene rings is 1. The Kier molecular flexibility index (Phi) is 13.1. The topological polar surface area (TPSA) is 68.2 Å². The second-order valence-electron chi connectivity index (χ2n) is 3.33. The molecule has 0 amide bonds. The monoisotopic (exact) mass is 342 g/mol. The van der Waals surface area contributed by atoms with E-state index < -0.39 is 42.2 Å². The number of hydrogen-bond donors (Lipinski definition) is 2. The molecule has 0 fully saturated rings. The van der Waals surface area contributed by atoms with Gasteiger partial charge in [0.15, 0.2) is 5.75 Å². The maximum absolute atomic E-state index is 12.7. The van der Waals surface area contributed by atoms with Crippen molar-refractivity contribution in [2.24, 2.45) is 0 Å². The van der Waals surface area contributed by atoms with Crippen LogP contribution in [0.25, 0.3) is 0 Å². The van der Waals surface area contributed by atoms with E-state index in [9.17, 15) is 22.0 Å². The number of halogens is 5. The Bertz CT molecular complexity index is 433. The van der Waals surface area contributed by atoms with Crippen molar-refractivity contribution >= 4 is 36.9 Å².